The van der Waals surface area contributed by atoms with Gasteiger partial charge < -0.3 is 9.47 Å². The van der Waals surface area contributed by atoms with Crippen LogP contribution in [-0.2, 0) is 9.53 Å². The predicted molar refractivity (Wildman–Crippen MR) is 106 cm³/mol. The molecule has 1 fully saturated rings. The third kappa shape index (κ3) is 4.64. The molecular weight excluding hydrogens is 362 g/mol. The molecule has 7 heteroatoms. The first kappa shape index (κ1) is 19.7. The van der Waals surface area contributed by atoms with Crippen molar-refractivity contribution >= 4 is 17.7 Å². The van der Waals surface area contributed by atoms with Crippen molar-refractivity contribution in [1.29, 1.82) is 0 Å². The van der Waals surface area contributed by atoms with Crippen molar-refractivity contribution in [2.75, 3.05) is 13.7 Å². The predicted octanol–water partition coefficient (Wildman–Crippen LogP) is 4.50. The van der Waals surface area contributed by atoms with Gasteiger partial charge in [-0.3, -0.25) is 9.36 Å². The molecule has 1 aliphatic carbocycles. The zero-order chi connectivity index (χ0) is 19.2. The van der Waals surface area contributed by atoms with Crippen molar-refractivity contribution in [1.82, 2.24) is 14.8 Å². The highest BCUT2D eigenvalue weighted by molar-refractivity contribution is 8.00. The van der Waals surface area contributed by atoms with Crippen molar-refractivity contribution < 1.29 is 14.3 Å². The van der Waals surface area contributed by atoms with E-state index in [0.29, 0.717) is 12.6 Å². The fourth-order valence-corrected chi connectivity index (χ4v) is 4.35. The SMILES string of the molecule is CCOC(=O)[C@@H](C)Sc1nnc(-c2ccc(OC)cc2)n1C1CCCCC1. The number of rotatable bonds is 7. The minimum Gasteiger partial charge on any atom is -0.497 e. The lowest BCUT2D eigenvalue weighted by Crippen LogP contribution is -2.19. The van der Waals surface area contributed by atoms with Gasteiger partial charge in [-0.2, -0.15) is 0 Å². The van der Waals surface area contributed by atoms with Gasteiger partial charge in [0.1, 0.15) is 11.0 Å². The molecule has 0 saturated heterocycles. The minimum absolute atomic E-state index is 0.216. The molecular formula is C20H27N3O3S. The monoisotopic (exact) mass is 389 g/mol. The third-order valence-corrected chi connectivity index (χ3v) is 5.89. The van der Waals surface area contributed by atoms with Crippen LogP contribution in [0.4, 0.5) is 0 Å². The number of aromatic nitrogens is 3. The van der Waals surface area contributed by atoms with Gasteiger partial charge >= 0.3 is 5.97 Å². The maximum Gasteiger partial charge on any atom is 0.319 e. The van der Waals surface area contributed by atoms with Crippen LogP contribution in [0.25, 0.3) is 11.4 Å². The molecule has 6 nitrogen and oxygen atoms in total. The molecule has 0 unspecified atom stereocenters. The van der Waals surface area contributed by atoms with Gasteiger partial charge in [0.25, 0.3) is 0 Å². The first-order valence-corrected chi connectivity index (χ1v) is 10.4. The summed E-state index contributed by atoms with van der Waals surface area (Å²) in [6.07, 6.45) is 5.92. The Hall–Kier alpha value is -2.02. The summed E-state index contributed by atoms with van der Waals surface area (Å²) in [5.41, 5.74) is 1.00. The van der Waals surface area contributed by atoms with Crippen LogP contribution in [0.1, 0.15) is 52.0 Å². The van der Waals surface area contributed by atoms with Gasteiger partial charge in [-0.05, 0) is 51.0 Å². The topological polar surface area (TPSA) is 66.2 Å². The molecule has 1 saturated carbocycles. The Morgan fingerprint density at radius 3 is 2.56 bits per heavy atom. The standard InChI is InChI=1S/C20H27N3O3S/c1-4-26-19(24)14(2)27-20-22-21-18(15-10-12-17(25-3)13-11-15)23(20)16-8-6-5-7-9-16/h10-14,16H,4-9H2,1-3H3/t14-/m1/s1. The van der Waals surface area contributed by atoms with E-state index in [4.69, 9.17) is 9.47 Å². The molecule has 146 valence electrons. The Morgan fingerprint density at radius 2 is 1.93 bits per heavy atom. The highest BCUT2D eigenvalue weighted by Crippen LogP contribution is 2.37. The van der Waals surface area contributed by atoms with Crippen LogP contribution in [0.3, 0.4) is 0 Å². The number of hydrogen-bond donors (Lipinski definition) is 0. The van der Waals surface area contributed by atoms with Crippen molar-refractivity contribution in [2.24, 2.45) is 0 Å². The summed E-state index contributed by atoms with van der Waals surface area (Å²) >= 11 is 1.43. The minimum atomic E-state index is -0.319. The lowest BCUT2D eigenvalue weighted by Gasteiger charge is -2.26. The van der Waals surface area contributed by atoms with Crippen LogP contribution >= 0.6 is 11.8 Å². The first-order valence-electron chi connectivity index (χ1n) is 9.56. The number of ether oxygens (including phenoxy) is 2. The fourth-order valence-electron chi connectivity index (χ4n) is 3.43. The van der Waals surface area contributed by atoms with Gasteiger partial charge in [0.2, 0.25) is 0 Å². The van der Waals surface area contributed by atoms with Gasteiger partial charge in [-0.15, -0.1) is 10.2 Å². The maximum absolute atomic E-state index is 12.1. The van der Waals surface area contributed by atoms with E-state index in [2.05, 4.69) is 14.8 Å². The van der Waals surface area contributed by atoms with E-state index in [1.807, 2.05) is 38.1 Å². The van der Waals surface area contributed by atoms with Crippen molar-refractivity contribution in [2.45, 2.75) is 62.4 Å². The number of nitrogens with zero attached hydrogens (tertiary/aromatic N) is 3. The number of benzene rings is 1. The van der Waals surface area contributed by atoms with E-state index in [9.17, 15) is 4.79 Å². The molecule has 1 atom stereocenters. The van der Waals surface area contributed by atoms with Crippen molar-refractivity contribution in [3.8, 4) is 17.1 Å². The molecule has 0 radical (unpaired) electrons. The van der Waals surface area contributed by atoms with Crippen molar-refractivity contribution in [3.05, 3.63) is 24.3 Å². The number of thioether (sulfide) groups is 1. The molecule has 27 heavy (non-hydrogen) atoms. The molecule has 3 rings (SSSR count). The van der Waals surface area contributed by atoms with Gasteiger partial charge in [0.15, 0.2) is 11.0 Å². The van der Waals surface area contributed by atoms with E-state index in [1.165, 1.54) is 31.0 Å². The van der Waals surface area contributed by atoms with Gasteiger partial charge in [-0.25, -0.2) is 0 Å². The highest BCUT2D eigenvalue weighted by atomic mass is 32.2. The molecule has 1 aromatic carbocycles. The average molecular weight is 390 g/mol. The number of methoxy groups -OCH3 is 1. The van der Waals surface area contributed by atoms with Gasteiger partial charge in [0.05, 0.1) is 13.7 Å². The smallest absolute Gasteiger partial charge is 0.319 e. The Morgan fingerprint density at radius 1 is 1.22 bits per heavy atom. The van der Waals surface area contributed by atoms with E-state index >= 15 is 0 Å². The van der Waals surface area contributed by atoms with Gasteiger partial charge in [-0.1, -0.05) is 31.0 Å². The average Bonchev–Trinajstić information content (AvgIpc) is 3.12. The molecule has 0 bridgehead atoms. The summed E-state index contributed by atoms with van der Waals surface area (Å²) in [5, 5.41) is 9.37. The van der Waals surface area contributed by atoms with Crippen LogP contribution < -0.4 is 4.74 Å². The van der Waals surface area contributed by atoms with Crippen LogP contribution in [0.2, 0.25) is 0 Å². The highest BCUT2D eigenvalue weighted by Gasteiger charge is 2.26. The first-order chi connectivity index (χ1) is 13.1. The molecule has 0 amide bonds. The summed E-state index contributed by atoms with van der Waals surface area (Å²) in [6.45, 7) is 4.06. The molecule has 2 aromatic rings. The van der Waals surface area contributed by atoms with E-state index in [-0.39, 0.29) is 11.2 Å². The number of esters is 1. The number of hydrogen-bond acceptors (Lipinski definition) is 6. The second kappa shape index (κ2) is 9.26. The van der Waals surface area contributed by atoms with Crippen LogP contribution in [0, 0.1) is 0 Å². The van der Waals surface area contributed by atoms with Crippen molar-refractivity contribution in [3.63, 3.8) is 0 Å². The van der Waals surface area contributed by atoms with Crippen LogP contribution in [0.5, 0.6) is 5.75 Å². The Balaban J connectivity index is 1.93. The maximum atomic E-state index is 12.1. The second-order valence-electron chi connectivity index (χ2n) is 6.71. The van der Waals surface area contributed by atoms with Crippen LogP contribution in [-0.4, -0.2) is 39.7 Å². The van der Waals surface area contributed by atoms with E-state index in [1.54, 1.807) is 7.11 Å². The molecule has 0 spiro atoms. The summed E-state index contributed by atoms with van der Waals surface area (Å²) in [4.78, 5) is 12.1. The molecule has 1 aliphatic rings. The zero-order valence-corrected chi connectivity index (χ0v) is 17.0. The molecule has 0 N–H and O–H groups in total. The molecule has 1 heterocycles. The largest absolute Gasteiger partial charge is 0.497 e. The summed E-state index contributed by atoms with van der Waals surface area (Å²) in [5.74, 6) is 1.45. The molecule has 1 aromatic heterocycles. The lowest BCUT2D eigenvalue weighted by molar-refractivity contribution is -0.142. The summed E-state index contributed by atoms with van der Waals surface area (Å²) in [7, 11) is 1.66. The zero-order valence-electron chi connectivity index (χ0n) is 16.2. The Kier molecular flexibility index (Phi) is 6.77. The number of carbonyl (C=O) groups excluding carboxylic acids is 1. The van der Waals surface area contributed by atoms with Crippen LogP contribution in [0.15, 0.2) is 29.4 Å². The Labute approximate surface area is 164 Å². The third-order valence-electron chi connectivity index (χ3n) is 4.85. The van der Waals surface area contributed by atoms with E-state index in [0.717, 1.165) is 35.1 Å². The lowest BCUT2D eigenvalue weighted by atomic mass is 9.95. The number of carbonyl (C=O) groups is 1. The Bertz CT molecular complexity index is 754. The normalized spacial score (nSPS) is 16.1. The summed E-state index contributed by atoms with van der Waals surface area (Å²) in [6, 6.07) is 8.24. The second-order valence-corrected chi connectivity index (χ2v) is 8.02. The molecule has 0 aliphatic heterocycles. The van der Waals surface area contributed by atoms with E-state index < -0.39 is 0 Å². The quantitative estimate of drug-likeness (QED) is 0.513. The van der Waals surface area contributed by atoms with Gasteiger partial charge in [0, 0.05) is 11.6 Å². The fraction of sp³-hybridized carbons (Fsp3) is 0.550. The summed E-state index contributed by atoms with van der Waals surface area (Å²) < 4.78 is 12.6.